The molecule has 0 heterocycles. The first kappa shape index (κ1) is 25.4. The number of hydrogen-bond donors (Lipinski definition) is 2. The minimum atomic E-state index is -0.852. The third-order valence-corrected chi connectivity index (χ3v) is 4.30. The maximum atomic E-state index is 11.7. The molecule has 0 saturated carbocycles. The molecule has 14 heteroatoms. The fraction of sp³-hybridized carbons (Fsp3) is 0.316. The van der Waals surface area contributed by atoms with Gasteiger partial charge >= 0.3 is 5.69 Å². The topological polar surface area (TPSA) is 171 Å². The summed E-state index contributed by atoms with van der Waals surface area (Å²) >= 11 is 6.01. The van der Waals surface area contributed by atoms with Gasteiger partial charge in [0.15, 0.2) is 5.69 Å². The van der Waals surface area contributed by atoms with E-state index in [9.17, 15) is 25.0 Å². The first-order valence-electron chi connectivity index (χ1n) is 9.53. The SMILES string of the molecule is CCNc1cc(NC(C)=O)c(N=Nc2c(Cl)cc([N+](=O)[O-])cc2[N+](=O)[O-])cc1OCCOC. The molecular formula is C19H21ClN6O7. The molecule has 0 aliphatic rings. The van der Waals surface area contributed by atoms with E-state index >= 15 is 0 Å². The van der Waals surface area contributed by atoms with Crippen LogP contribution < -0.4 is 15.4 Å². The normalized spacial score (nSPS) is 10.8. The maximum Gasteiger partial charge on any atom is 0.305 e. The Kier molecular flexibility index (Phi) is 9.00. The Hall–Kier alpha value is -3.84. The van der Waals surface area contributed by atoms with Crippen LogP contribution in [0.5, 0.6) is 5.75 Å². The number of nitrogens with zero attached hydrogens (tertiary/aromatic N) is 4. The number of nitro benzene ring substituents is 2. The fourth-order valence-electron chi connectivity index (χ4n) is 2.64. The van der Waals surface area contributed by atoms with E-state index in [0.29, 0.717) is 24.6 Å². The van der Waals surface area contributed by atoms with E-state index in [2.05, 4.69) is 20.9 Å². The van der Waals surface area contributed by atoms with Crippen molar-refractivity contribution in [2.75, 3.05) is 37.5 Å². The number of hydrogen-bond acceptors (Lipinski definition) is 10. The predicted octanol–water partition coefficient (Wildman–Crippen LogP) is 4.99. The van der Waals surface area contributed by atoms with Gasteiger partial charge in [0.2, 0.25) is 5.91 Å². The largest absolute Gasteiger partial charge is 0.489 e. The van der Waals surface area contributed by atoms with Crippen molar-refractivity contribution >= 4 is 51.6 Å². The number of halogens is 1. The third-order valence-electron chi connectivity index (χ3n) is 4.01. The van der Waals surface area contributed by atoms with Gasteiger partial charge in [-0.05, 0) is 13.0 Å². The number of anilines is 2. The van der Waals surface area contributed by atoms with Gasteiger partial charge in [-0.1, -0.05) is 11.6 Å². The number of nitrogens with one attached hydrogen (secondary N) is 2. The molecule has 0 saturated heterocycles. The summed E-state index contributed by atoms with van der Waals surface area (Å²) in [5.74, 6) is -0.0115. The Labute approximate surface area is 193 Å². The van der Waals surface area contributed by atoms with Gasteiger partial charge in [-0.15, -0.1) is 10.2 Å². The molecule has 0 fully saturated rings. The van der Waals surface area contributed by atoms with E-state index in [0.717, 1.165) is 12.1 Å². The van der Waals surface area contributed by atoms with Crippen LogP contribution in [-0.4, -0.2) is 42.6 Å². The molecule has 0 radical (unpaired) electrons. The number of ether oxygens (including phenoxy) is 2. The number of azo groups is 1. The zero-order chi connectivity index (χ0) is 24.5. The van der Waals surface area contributed by atoms with Gasteiger partial charge in [0.05, 0.1) is 38.9 Å². The highest BCUT2D eigenvalue weighted by molar-refractivity contribution is 6.33. The Morgan fingerprint density at radius 2 is 1.82 bits per heavy atom. The van der Waals surface area contributed by atoms with E-state index in [-0.39, 0.29) is 34.6 Å². The monoisotopic (exact) mass is 480 g/mol. The van der Waals surface area contributed by atoms with Gasteiger partial charge in [0, 0.05) is 32.7 Å². The molecule has 0 aliphatic heterocycles. The zero-order valence-electron chi connectivity index (χ0n) is 18.0. The number of amides is 1. The lowest BCUT2D eigenvalue weighted by atomic mass is 10.2. The summed E-state index contributed by atoms with van der Waals surface area (Å²) in [4.78, 5) is 32.4. The lowest BCUT2D eigenvalue weighted by Gasteiger charge is -2.16. The molecule has 0 bridgehead atoms. The van der Waals surface area contributed by atoms with Crippen LogP contribution in [-0.2, 0) is 9.53 Å². The second kappa shape index (κ2) is 11.7. The Balaban J connectivity index is 2.60. The van der Waals surface area contributed by atoms with E-state index < -0.39 is 21.2 Å². The molecule has 0 aromatic heterocycles. The predicted molar refractivity (Wildman–Crippen MR) is 121 cm³/mol. The number of rotatable bonds is 11. The lowest BCUT2D eigenvalue weighted by molar-refractivity contribution is -0.393. The van der Waals surface area contributed by atoms with Crippen LogP contribution in [0.3, 0.4) is 0 Å². The van der Waals surface area contributed by atoms with Crippen molar-refractivity contribution in [3.63, 3.8) is 0 Å². The van der Waals surface area contributed by atoms with Crippen molar-refractivity contribution in [3.05, 3.63) is 49.5 Å². The fourth-order valence-corrected chi connectivity index (χ4v) is 2.89. The summed E-state index contributed by atoms with van der Waals surface area (Å²) < 4.78 is 10.7. The molecule has 2 N–H and O–H groups in total. The van der Waals surface area contributed by atoms with Crippen molar-refractivity contribution < 1.29 is 24.1 Å². The zero-order valence-corrected chi connectivity index (χ0v) is 18.7. The molecule has 176 valence electrons. The number of carbonyl (C=O) groups is 1. The van der Waals surface area contributed by atoms with Crippen molar-refractivity contribution in [3.8, 4) is 5.75 Å². The van der Waals surface area contributed by atoms with E-state index in [4.69, 9.17) is 21.1 Å². The van der Waals surface area contributed by atoms with Crippen molar-refractivity contribution in [2.45, 2.75) is 13.8 Å². The molecule has 2 rings (SSSR count). The molecule has 33 heavy (non-hydrogen) atoms. The van der Waals surface area contributed by atoms with Gasteiger partial charge in [-0.25, -0.2) is 0 Å². The van der Waals surface area contributed by atoms with Gasteiger partial charge in [0.1, 0.15) is 18.0 Å². The summed E-state index contributed by atoms with van der Waals surface area (Å²) in [6.07, 6.45) is 0. The van der Waals surface area contributed by atoms with Crippen molar-refractivity contribution in [1.82, 2.24) is 0 Å². The molecule has 0 atom stereocenters. The van der Waals surface area contributed by atoms with E-state index in [1.54, 1.807) is 6.07 Å². The first-order valence-corrected chi connectivity index (χ1v) is 9.91. The molecule has 13 nitrogen and oxygen atoms in total. The van der Waals surface area contributed by atoms with Crippen LogP contribution in [0.2, 0.25) is 5.02 Å². The van der Waals surface area contributed by atoms with Crippen molar-refractivity contribution in [1.29, 1.82) is 0 Å². The highest BCUT2D eigenvalue weighted by Gasteiger charge is 2.24. The third kappa shape index (κ3) is 6.82. The molecule has 0 spiro atoms. The molecule has 2 aromatic carbocycles. The van der Waals surface area contributed by atoms with Crippen LogP contribution in [0.15, 0.2) is 34.5 Å². The molecule has 0 unspecified atom stereocenters. The van der Waals surface area contributed by atoms with Crippen LogP contribution in [0, 0.1) is 20.2 Å². The average molecular weight is 481 g/mol. The van der Waals surface area contributed by atoms with Gasteiger partial charge in [-0.3, -0.25) is 25.0 Å². The highest BCUT2D eigenvalue weighted by Crippen LogP contribution is 2.42. The summed E-state index contributed by atoms with van der Waals surface area (Å²) in [6.45, 7) is 4.28. The standard InChI is InChI=1S/C19H21ClN6O7/c1-4-21-16-9-14(22-11(2)27)15(10-18(16)33-6-5-32-3)23-24-19-13(20)7-12(25(28)29)8-17(19)26(30)31/h7-10,21H,4-6H2,1-3H3,(H,22,27). The minimum absolute atomic E-state index is 0.114. The minimum Gasteiger partial charge on any atom is -0.489 e. The van der Waals surface area contributed by atoms with E-state index in [1.807, 2.05) is 6.92 Å². The number of carbonyl (C=O) groups excluding carboxylic acids is 1. The van der Waals surface area contributed by atoms with Gasteiger partial charge < -0.3 is 20.1 Å². The summed E-state index contributed by atoms with van der Waals surface area (Å²) in [5, 5.41) is 35.7. The van der Waals surface area contributed by atoms with Crippen LogP contribution in [0.25, 0.3) is 0 Å². The first-order chi connectivity index (χ1) is 15.7. The number of nitro groups is 2. The maximum absolute atomic E-state index is 11.7. The number of benzene rings is 2. The smallest absolute Gasteiger partial charge is 0.305 e. The van der Waals surface area contributed by atoms with Crippen molar-refractivity contribution in [2.24, 2.45) is 10.2 Å². The molecule has 2 aromatic rings. The summed E-state index contributed by atoms with van der Waals surface area (Å²) in [5.41, 5.74) is -0.701. The highest BCUT2D eigenvalue weighted by atomic mass is 35.5. The lowest BCUT2D eigenvalue weighted by Crippen LogP contribution is -2.09. The Morgan fingerprint density at radius 1 is 1.09 bits per heavy atom. The molecule has 0 aliphatic carbocycles. The molecule has 1 amide bonds. The summed E-state index contributed by atoms with van der Waals surface area (Å²) in [7, 11) is 1.52. The van der Waals surface area contributed by atoms with Gasteiger partial charge in [-0.2, -0.15) is 0 Å². The Morgan fingerprint density at radius 3 is 2.39 bits per heavy atom. The quantitative estimate of drug-likeness (QED) is 0.196. The Bertz CT molecular complexity index is 1090. The second-order valence-corrected chi connectivity index (χ2v) is 6.84. The van der Waals surface area contributed by atoms with Gasteiger partial charge in [0.25, 0.3) is 5.69 Å². The van der Waals surface area contributed by atoms with E-state index in [1.165, 1.54) is 20.1 Å². The second-order valence-electron chi connectivity index (χ2n) is 6.43. The average Bonchev–Trinajstić information content (AvgIpc) is 2.74. The summed E-state index contributed by atoms with van der Waals surface area (Å²) in [6, 6.07) is 4.73. The van der Waals surface area contributed by atoms with Crippen LogP contribution in [0.1, 0.15) is 13.8 Å². The molecular weight excluding hydrogens is 460 g/mol. The number of non-ortho nitro benzene ring substituents is 1. The van der Waals surface area contributed by atoms with Crippen LogP contribution in [0.4, 0.5) is 34.1 Å². The number of methoxy groups -OCH3 is 1. The van der Waals surface area contributed by atoms with Crippen LogP contribution >= 0.6 is 11.6 Å².